The minimum Gasteiger partial charge on any atom is -0.485 e. The van der Waals surface area contributed by atoms with Crippen LogP contribution in [0.5, 0.6) is 5.75 Å². The maximum atomic E-state index is 12.9. The van der Waals surface area contributed by atoms with Gasteiger partial charge in [0.05, 0.1) is 14.2 Å². The molecule has 18 heavy (non-hydrogen) atoms. The topological polar surface area (TPSA) is 26.3 Å². The Labute approximate surface area is 117 Å². The van der Waals surface area contributed by atoms with Gasteiger partial charge in [-0.05, 0) is 24.3 Å². The molecule has 0 bridgehead atoms. The Balaban J connectivity index is 1.99. The number of thiophene rings is 1. The van der Waals surface area contributed by atoms with Crippen LogP contribution in [0.4, 0.5) is 4.39 Å². The molecule has 6 heteroatoms. The van der Waals surface area contributed by atoms with Crippen LogP contribution in [0.25, 0.3) is 0 Å². The van der Waals surface area contributed by atoms with E-state index in [9.17, 15) is 9.18 Å². The molecule has 0 saturated heterocycles. The minimum atomic E-state index is -0.527. The molecule has 2 rings (SSSR count). The maximum Gasteiger partial charge on any atom is 0.210 e. The minimum absolute atomic E-state index is 0.0425. The van der Waals surface area contributed by atoms with Crippen molar-refractivity contribution < 1.29 is 13.9 Å². The molecule has 2 aromatic rings. The van der Waals surface area contributed by atoms with E-state index in [2.05, 4.69) is 0 Å². The highest BCUT2D eigenvalue weighted by Crippen LogP contribution is 2.23. The van der Waals surface area contributed by atoms with Gasteiger partial charge in [-0.25, -0.2) is 4.39 Å². The molecular formula is C12H7Cl2FO2S. The lowest BCUT2D eigenvalue weighted by atomic mass is 10.3. The predicted molar refractivity (Wildman–Crippen MR) is 70.6 cm³/mol. The van der Waals surface area contributed by atoms with Crippen molar-refractivity contribution >= 4 is 40.3 Å². The quantitative estimate of drug-likeness (QED) is 0.780. The van der Waals surface area contributed by atoms with Crippen molar-refractivity contribution in [1.29, 1.82) is 0 Å². The first-order chi connectivity index (χ1) is 8.56. The lowest BCUT2D eigenvalue weighted by Crippen LogP contribution is -2.10. The summed E-state index contributed by atoms with van der Waals surface area (Å²) < 4.78 is 18.7. The average molecular weight is 305 g/mol. The summed E-state index contributed by atoms with van der Waals surface area (Å²) in [6.45, 7) is -0.140. The second kappa shape index (κ2) is 5.69. The number of carbonyl (C=O) groups excluding carboxylic acids is 1. The van der Waals surface area contributed by atoms with Crippen LogP contribution in [0, 0.1) is 5.82 Å². The first kappa shape index (κ1) is 13.3. The molecule has 0 aliphatic heterocycles. The normalized spacial score (nSPS) is 10.4. The first-order valence-electron chi connectivity index (χ1n) is 4.92. The van der Waals surface area contributed by atoms with Gasteiger partial charge in [0.15, 0.2) is 6.61 Å². The lowest BCUT2D eigenvalue weighted by Gasteiger charge is -2.05. The Bertz CT molecular complexity index is 583. The van der Waals surface area contributed by atoms with Gasteiger partial charge in [0.2, 0.25) is 5.78 Å². The van der Waals surface area contributed by atoms with Gasteiger partial charge in [0.25, 0.3) is 0 Å². The summed E-state index contributed by atoms with van der Waals surface area (Å²) in [5, 5.41) is -0.0425. The van der Waals surface area contributed by atoms with Gasteiger partial charge in [0, 0.05) is 6.07 Å². The highest BCUT2D eigenvalue weighted by Gasteiger charge is 2.10. The van der Waals surface area contributed by atoms with E-state index in [4.69, 9.17) is 27.9 Å². The molecule has 0 saturated carbocycles. The van der Waals surface area contributed by atoms with Crippen LogP contribution in [-0.4, -0.2) is 12.4 Å². The molecule has 2 nitrogen and oxygen atoms in total. The summed E-state index contributed by atoms with van der Waals surface area (Å²) >= 11 is 12.5. The number of rotatable bonds is 4. The van der Waals surface area contributed by atoms with E-state index < -0.39 is 5.82 Å². The fourth-order valence-corrected chi connectivity index (χ4v) is 2.39. The van der Waals surface area contributed by atoms with E-state index in [1.807, 2.05) is 0 Å². The Kier molecular flexibility index (Phi) is 4.22. The summed E-state index contributed by atoms with van der Waals surface area (Å²) in [7, 11) is 0. The largest absolute Gasteiger partial charge is 0.485 e. The molecule has 1 aromatic heterocycles. The molecule has 0 fully saturated rings. The molecule has 0 radical (unpaired) electrons. The van der Waals surface area contributed by atoms with E-state index in [0.717, 1.165) is 0 Å². The second-order valence-corrected chi connectivity index (χ2v) is 5.51. The predicted octanol–water partition coefficient (Wildman–Crippen LogP) is 4.46. The maximum absolute atomic E-state index is 12.9. The number of benzene rings is 1. The van der Waals surface area contributed by atoms with Crippen molar-refractivity contribution in [2.24, 2.45) is 0 Å². The van der Waals surface area contributed by atoms with Gasteiger partial charge < -0.3 is 4.74 Å². The first-order valence-corrected chi connectivity index (χ1v) is 6.50. The zero-order valence-corrected chi connectivity index (χ0v) is 11.3. The Hall–Kier alpha value is -1.10. The Morgan fingerprint density at radius 1 is 1.28 bits per heavy atom. The van der Waals surface area contributed by atoms with Gasteiger partial charge in [-0.3, -0.25) is 4.79 Å². The van der Waals surface area contributed by atoms with Crippen molar-refractivity contribution in [2.45, 2.75) is 0 Å². The summed E-state index contributed by atoms with van der Waals surface area (Å²) in [6, 6.07) is 7.20. The lowest BCUT2D eigenvalue weighted by molar-refractivity contribution is 0.0925. The number of hydrogen-bond donors (Lipinski definition) is 0. The van der Waals surface area contributed by atoms with Crippen molar-refractivity contribution in [3.8, 4) is 5.75 Å². The summed E-state index contributed by atoms with van der Waals surface area (Å²) in [6.07, 6.45) is 0. The molecule has 94 valence electrons. The van der Waals surface area contributed by atoms with Crippen LogP contribution in [0.3, 0.4) is 0 Å². The van der Waals surface area contributed by atoms with E-state index in [0.29, 0.717) is 15.0 Å². The van der Waals surface area contributed by atoms with Crippen molar-refractivity contribution in [3.05, 3.63) is 50.4 Å². The fraction of sp³-hybridized carbons (Fsp3) is 0.0833. The number of ether oxygens (including phenoxy) is 1. The van der Waals surface area contributed by atoms with Crippen LogP contribution < -0.4 is 4.74 Å². The molecule has 0 unspecified atom stereocenters. The number of carbonyl (C=O) groups is 1. The monoisotopic (exact) mass is 304 g/mol. The van der Waals surface area contributed by atoms with Gasteiger partial charge in [0.1, 0.15) is 11.6 Å². The Morgan fingerprint density at radius 2 is 2.06 bits per heavy atom. The third kappa shape index (κ3) is 3.22. The van der Waals surface area contributed by atoms with E-state index >= 15 is 0 Å². The molecule has 0 amide bonds. The van der Waals surface area contributed by atoms with Crippen LogP contribution in [0.15, 0.2) is 30.3 Å². The average Bonchev–Trinajstić information content (AvgIpc) is 2.77. The number of halogens is 3. The van der Waals surface area contributed by atoms with Gasteiger partial charge in [-0.2, -0.15) is 0 Å². The third-order valence-electron chi connectivity index (χ3n) is 2.11. The van der Waals surface area contributed by atoms with Gasteiger partial charge >= 0.3 is 0 Å². The molecule has 0 aliphatic rings. The third-order valence-corrected chi connectivity index (χ3v) is 3.67. The van der Waals surface area contributed by atoms with E-state index in [-0.39, 0.29) is 17.4 Å². The molecule has 0 atom stereocenters. The second-order valence-electron chi connectivity index (χ2n) is 3.39. The SMILES string of the molecule is O=C(COc1ccc(F)c(Cl)c1)c1ccc(Cl)s1. The van der Waals surface area contributed by atoms with Crippen molar-refractivity contribution in [1.82, 2.24) is 0 Å². The summed E-state index contributed by atoms with van der Waals surface area (Å²) in [4.78, 5) is 12.2. The molecule has 0 N–H and O–H groups in total. The summed E-state index contributed by atoms with van der Waals surface area (Å²) in [5.74, 6) is -0.370. The molecular weight excluding hydrogens is 298 g/mol. The molecule has 1 aromatic carbocycles. The van der Waals surface area contributed by atoms with E-state index in [1.54, 1.807) is 12.1 Å². The van der Waals surface area contributed by atoms with Crippen LogP contribution >= 0.6 is 34.5 Å². The van der Waals surface area contributed by atoms with Crippen LogP contribution in [-0.2, 0) is 0 Å². The zero-order chi connectivity index (χ0) is 13.1. The van der Waals surface area contributed by atoms with Crippen LogP contribution in [0.1, 0.15) is 9.67 Å². The highest BCUT2D eigenvalue weighted by molar-refractivity contribution is 7.18. The zero-order valence-electron chi connectivity index (χ0n) is 8.95. The van der Waals surface area contributed by atoms with Crippen molar-refractivity contribution in [3.63, 3.8) is 0 Å². The Morgan fingerprint density at radius 3 is 2.67 bits per heavy atom. The molecule has 1 heterocycles. The smallest absolute Gasteiger partial charge is 0.210 e. The number of Topliss-reactive ketones (excluding diaryl/α,β-unsaturated/α-hetero) is 1. The van der Waals surface area contributed by atoms with Crippen molar-refractivity contribution in [2.75, 3.05) is 6.61 Å². The molecule has 0 spiro atoms. The molecule has 0 aliphatic carbocycles. The van der Waals surface area contributed by atoms with Gasteiger partial charge in [-0.15, -0.1) is 11.3 Å². The van der Waals surface area contributed by atoms with Crippen LogP contribution in [0.2, 0.25) is 9.36 Å². The summed E-state index contributed by atoms with van der Waals surface area (Å²) in [5.41, 5.74) is 0. The van der Waals surface area contributed by atoms with Gasteiger partial charge in [-0.1, -0.05) is 23.2 Å². The van der Waals surface area contributed by atoms with E-state index in [1.165, 1.54) is 29.5 Å². The number of hydrogen-bond acceptors (Lipinski definition) is 3. The highest BCUT2D eigenvalue weighted by atomic mass is 35.5. The number of ketones is 1. The fourth-order valence-electron chi connectivity index (χ4n) is 1.25. The standard InChI is InChI=1S/C12H7Cl2FO2S/c13-8-5-7(1-2-9(8)15)17-6-10(16)11-3-4-12(14)18-11/h1-5H,6H2.